The molecule has 90 valence electrons. The predicted octanol–water partition coefficient (Wildman–Crippen LogP) is 5.60. The summed E-state index contributed by atoms with van der Waals surface area (Å²) in [5.74, 6) is 0. The molecule has 0 saturated heterocycles. The lowest BCUT2D eigenvalue weighted by Gasteiger charge is -2.11. The predicted molar refractivity (Wildman–Crippen MR) is 77.6 cm³/mol. The summed E-state index contributed by atoms with van der Waals surface area (Å²) in [7, 11) is 0. The van der Waals surface area contributed by atoms with Crippen LogP contribution in [0.3, 0.4) is 0 Å². The summed E-state index contributed by atoms with van der Waals surface area (Å²) in [6, 6.07) is 10.1. The van der Waals surface area contributed by atoms with E-state index in [4.69, 9.17) is 23.2 Å². The second-order valence-corrected chi connectivity index (χ2v) is 6.09. The van der Waals surface area contributed by atoms with Gasteiger partial charge in [0.05, 0.1) is 5.38 Å². The molecule has 0 N–H and O–H groups in total. The van der Waals surface area contributed by atoms with Crippen LogP contribution in [0.1, 0.15) is 33.2 Å². The largest absolute Gasteiger partial charge is 0.143 e. The first-order chi connectivity index (χ1) is 8.11. The van der Waals surface area contributed by atoms with Gasteiger partial charge in [-0.1, -0.05) is 24.6 Å². The minimum atomic E-state index is -0.0981. The molecule has 0 saturated carbocycles. The van der Waals surface area contributed by atoms with Crippen LogP contribution < -0.4 is 0 Å². The summed E-state index contributed by atoms with van der Waals surface area (Å²) in [6.45, 7) is 4.22. The van der Waals surface area contributed by atoms with Gasteiger partial charge in [0.1, 0.15) is 0 Å². The highest BCUT2D eigenvalue weighted by Gasteiger charge is 2.15. The van der Waals surface area contributed by atoms with E-state index in [0.29, 0.717) is 0 Å². The molecular weight excluding hydrogens is 271 g/mol. The summed E-state index contributed by atoms with van der Waals surface area (Å²) < 4.78 is 0. The molecule has 1 atom stereocenters. The number of aryl methyl sites for hydroxylation is 2. The number of hydrogen-bond acceptors (Lipinski definition) is 1. The molecule has 0 aliphatic heterocycles. The Kier molecular flexibility index (Phi) is 4.13. The third-order valence-corrected chi connectivity index (χ3v) is 4.92. The Morgan fingerprint density at radius 3 is 2.65 bits per heavy atom. The van der Waals surface area contributed by atoms with E-state index in [1.165, 1.54) is 15.3 Å². The summed E-state index contributed by atoms with van der Waals surface area (Å²) in [5, 5.41) is 0.641. The Morgan fingerprint density at radius 2 is 2.00 bits per heavy atom. The molecule has 1 aromatic heterocycles. The van der Waals surface area contributed by atoms with Gasteiger partial charge in [-0.2, -0.15) is 0 Å². The van der Waals surface area contributed by atoms with Gasteiger partial charge in [0.15, 0.2) is 0 Å². The fourth-order valence-electron chi connectivity index (χ4n) is 1.76. The van der Waals surface area contributed by atoms with Gasteiger partial charge in [0, 0.05) is 14.8 Å². The second kappa shape index (κ2) is 5.43. The number of thiophene rings is 1. The molecule has 17 heavy (non-hydrogen) atoms. The minimum Gasteiger partial charge on any atom is -0.143 e. The van der Waals surface area contributed by atoms with Crippen LogP contribution in [0.4, 0.5) is 0 Å². The van der Waals surface area contributed by atoms with Crippen LogP contribution in [0.25, 0.3) is 0 Å². The van der Waals surface area contributed by atoms with Crippen molar-refractivity contribution < 1.29 is 0 Å². The average molecular weight is 285 g/mol. The molecule has 0 spiro atoms. The fraction of sp³-hybridized carbons (Fsp3) is 0.286. The maximum absolute atomic E-state index is 6.53. The zero-order valence-electron chi connectivity index (χ0n) is 9.84. The normalized spacial score (nSPS) is 12.7. The van der Waals surface area contributed by atoms with Crippen molar-refractivity contribution in [2.75, 3.05) is 0 Å². The number of benzene rings is 1. The number of rotatable bonds is 3. The van der Waals surface area contributed by atoms with Crippen LogP contribution in [0.15, 0.2) is 30.3 Å². The van der Waals surface area contributed by atoms with E-state index in [2.05, 4.69) is 26.0 Å². The van der Waals surface area contributed by atoms with Gasteiger partial charge in [0.25, 0.3) is 0 Å². The molecule has 2 rings (SSSR count). The van der Waals surface area contributed by atoms with Crippen molar-refractivity contribution >= 4 is 34.5 Å². The lowest BCUT2D eigenvalue weighted by molar-refractivity contribution is 1.15. The van der Waals surface area contributed by atoms with Crippen LogP contribution in [-0.2, 0) is 6.42 Å². The van der Waals surface area contributed by atoms with Crippen molar-refractivity contribution in [2.45, 2.75) is 25.6 Å². The lowest BCUT2D eigenvalue weighted by Crippen LogP contribution is -1.93. The van der Waals surface area contributed by atoms with E-state index in [0.717, 1.165) is 17.0 Å². The summed E-state index contributed by atoms with van der Waals surface area (Å²) in [4.78, 5) is 2.55. The van der Waals surface area contributed by atoms with E-state index in [9.17, 15) is 0 Å². The molecular formula is C14H14Cl2S. The molecule has 0 radical (unpaired) electrons. The molecule has 2 aromatic rings. The number of alkyl halides is 1. The van der Waals surface area contributed by atoms with Crippen molar-refractivity contribution in [3.63, 3.8) is 0 Å². The molecule has 0 aliphatic carbocycles. The van der Waals surface area contributed by atoms with Gasteiger partial charge >= 0.3 is 0 Å². The monoisotopic (exact) mass is 284 g/mol. The van der Waals surface area contributed by atoms with Gasteiger partial charge in [-0.3, -0.25) is 0 Å². The average Bonchev–Trinajstić information content (AvgIpc) is 2.80. The van der Waals surface area contributed by atoms with Gasteiger partial charge in [0.2, 0.25) is 0 Å². The maximum atomic E-state index is 6.53. The molecule has 0 bridgehead atoms. The molecule has 0 amide bonds. The zero-order chi connectivity index (χ0) is 12.4. The maximum Gasteiger partial charge on any atom is 0.0930 e. The molecule has 1 unspecified atom stereocenters. The van der Waals surface area contributed by atoms with Crippen molar-refractivity contribution in [1.82, 2.24) is 0 Å². The van der Waals surface area contributed by atoms with Crippen LogP contribution in [0, 0.1) is 6.92 Å². The van der Waals surface area contributed by atoms with Crippen LogP contribution in [0.2, 0.25) is 5.02 Å². The third-order valence-electron chi connectivity index (χ3n) is 2.80. The molecule has 0 aliphatic rings. The Labute approximate surface area is 116 Å². The van der Waals surface area contributed by atoms with E-state index in [1.54, 1.807) is 11.3 Å². The van der Waals surface area contributed by atoms with E-state index >= 15 is 0 Å². The first kappa shape index (κ1) is 12.9. The minimum absolute atomic E-state index is 0.0981. The van der Waals surface area contributed by atoms with Crippen molar-refractivity contribution in [3.05, 3.63) is 56.2 Å². The Hall–Kier alpha value is -0.500. The summed E-state index contributed by atoms with van der Waals surface area (Å²) in [5.41, 5.74) is 2.28. The van der Waals surface area contributed by atoms with Crippen LogP contribution >= 0.6 is 34.5 Å². The zero-order valence-corrected chi connectivity index (χ0v) is 12.2. The summed E-state index contributed by atoms with van der Waals surface area (Å²) in [6.07, 6.45) is 1.06. The summed E-state index contributed by atoms with van der Waals surface area (Å²) >= 11 is 14.3. The highest BCUT2D eigenvalue weighted by molar-refractivity contribution is 7.12. The van der Waals surface area contributed by atoms with E-state index < -0.39 is 0 Å². The van der Waals surface area contributed by atoms with Gasteiger partial charge in [-0.15, -0.1) is 22.9 Å². The van der Waals surface area contributed by atoms with Crippen molar-refractivity contribution in [1.29, 1.82) is 0 Å². The first-order valence-electron chi connectivity index (χ1n) is 5.60. The molecule has 1 aromatic carbocycles. The molecule has 0 fully saturated rings. The Balaban J connectivity index is 2.35. The quantitative estimate of drug-likeness (QED) is 0.644. The van der Waals surface area contributed by atoms with Crippen molar-refractivity contribution in [2.24, 2.45) is 0 Å². The van der Waals surface area contributed by atoms with Crippen LogP contribution in [0.5, 0.6) is 0 Å². The molecule has 1 heterocycles. The lowest BCUT2D eigenvalue weighted by atomic mass is 10.0. The highest BCUT2D eigenvalue weighted by atomic mass is 35.5. The standard InChI is InChI=1S/C14H14Cl2S/c1-3-11-6-7-13(17-11)14(16)12-8-10(15)5-4-9(12)2/h4-8,14H,3H2,1-2H3. The SMILES string of the molecule is CCc1ccc(C(Cl)c2cc(Cl)ccc2C)s1. The third kappa shape index (κ3) is 2.85. The van der Waals surface area contributed by atoms with E-state index in [-0.39, 0.29) is 5.38 Å². The molecule has 0 nitrogen and oxygen atoms in total. The van der Waals surface area contributed by atoms with E-state index in [1.807, 2.05) is 18.2 Å². The Morgan fingerprint density at radius 1 is 1.24 bits per heavy atom. The topological polar surface area (TPSA) is 0 Å². The first-order valence-corrected chi connectivity index (χ1v) is 7.23. The number of hydrogen-bond donors (Lipinski definition) is 0. The highest BCUT2D eigenvalue weighted by Crippen LogP contribution is 2.36. The Bertz CT molecular complexity index is 517. The van der Waals surface area contributed by atoms with Crippen LogP contribution in [-0.4, -0.2) is 0 Å². The molecule has 3 heteroatoms. The fourth-order valence-corrected chi connectivity index (χ4v) is 3.33. The smallest absolute Gasteiger partial charge is 0.0930 e. The second-order valence-electron chi connectivity index (χ2n) is 4.02. The van der Waals surface area contributed by atoms with Gasteiger partial charge < -0.3 is 0 Å². The van der Waals surface area contributed by atoms with Gasteiger partial charge in [-0.25, -0.2) is 0 Å². The van der Waals surface area contributed by atoms with Crippen molar-refractivity contribution in [3.8, 4) is 0 Å². The number of halogens is 2. The van der Waals surface area contributed by atoms with Gasteiger partial charge in [-0.05, 0) is 48.7 Å².